The van der Waals surface area contributed by atoms with Crippen LogP contribution in [0.25, 0.3) is 11.4 Å². The molecule has 0 bridgehead atoms. The fourth-order valence-corrected chi connectivity index (χ4v) is 4.19. The Hall–Kier alpha value is -2.57. The molecule has 1 aromatic carbocycles. The minimum Gasteiger partial charge on any atom is -0.467 e. The third-order valence-electron chi connectivity index (χ3n) is 4.16. The first-order chi connectivity index (χ1) is 13.2. The van der Waals surface area contributed by atoms with Crippen molar-refractivity contribution < 1.29 is 4.42 Å². The maximum atomic E-state index is 6.36. The molecule has 0 saturated carbocycles. The van der Waals surface area contributed by atoms with E-state index in [1.54, 1.807) is 30.4 Å². The highest BCUT2D eigenvalue weighted by molar-refractivity contribution is 7.99. The smallest absolute Gasteiger partial charge is 0.192 e. The first-order valence-corrected chi connectivity index (χ1v) is 9.75. The summed E-state index contributed by atoms with van der Waals surface area (Å²) >= 11 is 7.98. The molecule has 0 saturated heterocycles. The third kappa shape index (κ3) is 3.91. The Morgan fingerprint density at radius 3 is 2.74 bits per heavy atom. The summed E-state index contributed by atoms with van der Waals surface area (Å²) in [5, 5.41) is 10.5. The van der Waals surface area contributed by atoms with E-state index >= 15 is 0 Å². The van der Waals surface area contributed by atoms with Gasteiger partial charge >= 0.3 is 0 Å². The first-order valence-electron chi connectivity index (χ1n) is 8.49. The van der Waals surface area contributed by atoms with Gasteiger partial charge in [-0.1, -0.05) is 41.6 Å². The molecule has 0 aliphatic heterocycles. The fourth-order valence-electron chi connectivity index (χ4n) is 2.81. The topological polar surface area (TPSA) is 56.7 Å². The highest BCUT2D eigenvalue weighted by atomic mass is 35.5. The van der Waals surface area contributed by atoms with Crippen LogP contribution in [0.15, 0.2) is 76.8 Å². The first kappa shape index (κ1) is 17.8. The summed E-state index contributed by atoms with van der Waals surface area (Å²) in [6.07, 6.45) is 5.20. The van der Waals surface area contributed by atoms with E-state index in [1.807, 2.05) is 53.1 Å². The maximum Gasteiger partial charge on any atom is 0.192 e. The van der Waals surface area contributed by atoms with Gasteiger partial charge in [0.05, 0.1) is 12.8 Å². The standard InChI is InChI=1S/C20H17ClN4OS/c1-14(17-8-2-3-9-18(17)21)27-20-24-23-19(15-6-4-10-22-12-15)25(20)13-16-7-5-11-26-16/h2-12,14H,13H2,1H3. The van der Waals surface area contributed by atoms with Crippen molar-refractivity contribution in [2.24, 2.45) is 0 Å². The monoisotopic (exact) mass is 396 g/mol. The Morgan fingerprint density at radius 2 is 2.00 bits per heavy atom. The Labute approximate surface area is 166 Å². The lowest BCUT2D eigenvalue weighted by molar-refractivity contribution is 0.485. The summed E-state index contributed by atoms with van der Waals surface area (Å²) < 4.78 is 7.59. The van der Waals surface area contributed by atoms with Crippen LogP contribution < -0.4 is 0 Å². The molecule has 0 spiro atoms. The maximum absolute atomic E-state index is 6.36. The van der Waals surface area contributed by atoms with Crippen molar-refractivity contribution >= 4 is 23.4 Å². The summed E-state index contributed by atoms with van der Waals surface area (Å²) in [5.41, 5.74) is 1.98. The predicted molar refractivity (Wildman–Crippen MR) is 107 cm³/mol. The van der Waals surface area contributed by atoms with Gasteiger partial charge < -0.3 is 4.42 Å². The Kier molecular flexibility index (Phi) is 5.27. The summed E-state index contributed by atoms with van der Waals surface area (Å²) in [6.45, 7) is 2.66. The zero-order valence-electron chi connectivity index (χ0n) is 14.6. The highest BCUT2D eigenvalue weighted by Gasteiger charge is 2.19. The molecule has 1 unspecified atom stereocenters. The van der Waals surface area contributed by atoms with Crippen molar-refractivity contribution in [1.29, 1.82) is 0 Å². The second kappa shape index (κ2) is 7.98. The molecule has 4 rings (SSSR count). The number of thioether (sulfide) groups is 1. The van der Waals surface area contributed by atoms with E-state index in [0.29, 0.717) is 6.54 Å². The number of pyridine rings is 1. The van der Waals surface area contributed by atoms with Crippen molar-refractivity contribution in [3.8, 4) is 11.4 Å². The van der Waals surface area contributed by atoms with Crippen molar-refractivity contribution in [3.63, 3.8) is 0 Å². The molecule has 27 heavy (non-hydrogen) atoms. The lowest BCUT2D eigenvalue weighted by Gasteiger charge is -2.14. The molecule has 1 atom stereocenters. The lowest BCUT2D eigenvalue weighted by Crippen LogP contribution is -2.04. The Bertz CT molecular complexity index is 1020. The van der Waals surface area contributed by atoms with E-state index in [1.165, 1.54) is 0 Å². The number of hydrogen-bond donors (Lipinski definition) is 0. The molecule has 0 radical (unpaired) electrons. The van der Waals surface area contributed by atoms with Gasteiger partial charge in [0, 0.05) is 28.2 Å². The van der Waals surface area contributed by atoms with Crippen molar-refractivity contribution in [2.45, 2.75) is 23.9 Å². The number of hydrogen-bond acceptors (Lipinski definition) is 5. The minimum absolute atomic E-state index is 0.125. The van der Waals surface area contributed by atoms with E-state index in [9.17, 15) is 0 Å². The normalized spacial score (nSPS) is 12.2. The number of halogens is 1. The summed E-state index contributed by atoms with van der Waals surface area (Å²) in [6, 6.07) is 15.6. The van der Waals surface area contributed by atoms with Crippen LogP contribution >= 0.6 is 23.4 Å². The molecule has 0 fully saturated rings. The molecule has 136 valence electrons. The lowest BCUT2D eigenvalue weighted by atomic mass is 10.2. The number of rotatable bonds is 6. The molecule has 7 heteroatoms. The van der Waals surface area contributed by atoms with Crippen LogP contribution in [-0.2, 0) is 6.54 Å². The summed E-state index contributed by atoms with van der Waals surface area (Å²) in [7, 11) is 0. The highest BCUT2D eigenvalue weighted by Crippen LogP contribution is 2.38. The Morgan fingerprint density at radius 1 is 1.11 bits per heavy atom. The van der Waals surface area contributed by atoms with E-state index in [2.05, 4.69) is 22.1 Å². The summed E-state index contributed by atoms with van der Waals surface area (Å²) in [5.74, 6) is 1.60. The number of aromatic nitrogens is 4. The van der Waals surface area contributed by atoms with Gasteiger partial charge in [-0.2, -0.15) is 0 Å². The molecular formula is C20H17ClN4OS. The van der Waals surface area contributed by atoms with E-state index < -0.39 is 0 Å². The van der Waals surface area contributed by atoms with Gasteiger partial charge in [0.15, 0.2) is 11.0 Å². The summed E-state index contributed by atoms with van der Waals surface area (Å²) in [4.78, 5) is 4.20. The average molecular weight is 397 g/mol. The van der Waals surface area contributed by atoms with Crippen molar-refractivity contribution in [3.05, 3.63) is 83.5 Å². The van der Waals surface area contributed by atoms with Gasteiger partial charge in [-0.15, -0.1) is 10.2 Å². The van der Waals surface area contributed by atoms with E-state index in [0.717, 1.165) is 32.9 Å². The SMILES string of the molecule is CC(Sc1nnc(-c2cccnc2)n1Cc1ccco1)c1ccccc1Cl. The Balaban J connectivity index is 1.70. The molecule has 0 aliphatic carbocycles. The second-order valence-corrected chi connectivity index (χ2v) is 7.71. The van der Waals surface area contributed by atoms with Gasteiger partial charge in [0.2, 0.25) is 0 Å². The zero-order valence-corrected chi connectivity index (χ0v) is 16.2. The molecule has 4 aromatic rings. The van der Waals surface area contributed by atoms with Crippen LogP contribution in [0, 0.1) is 0 Å². The molecule has 3 heterocycles. The van der Waals surface area contributed by atoms with Crippen LogP contribution in [0.3, 0.4) is 0 Å². The molecular weight excluding hydrogens is 380 g/mol. The number of furan rings is 1. The number of nitrogens with zero attached hydrogens (tertiary/aromatic N) is 4. The van der Waals surface area contributed by atoms with E-state index in [4.69, 9.17) is 16.0 Å². The molecule has 5 nitrogen and oxygen atoms in total. The predicted octanol–water partition coefficient (Wildman–Crippen LogP) is 5.49. The second-order valence-electron chi connectivity index (χ2n) is 5.99. The molecule has 0 N–H and O–H groups in total. The van der Waals surface area contributed by atoms with Crippen molar-refractivity contribution in [2.75, 3.05) is 0 Å². The van der Waals surface area contributed by atoms with E-state index in [-0.39, 0.29) is 5.25 Å². The van der Waals surface area contributed by atoms with Gasteiger partial charge in [-0.05, 0) is 42.8 Å². The minimum atomic E-state index is 0.125. The van der Waals surface area contributed by atoms with Crippen LogP contribution in [0.5, 0.6) is 0 Å². The third-order valence-corrected chi connectivity index (χ3v) is 5.62. The van der Waals surface area contributed by atoms with Gasteiger partial charge in [-0.25, -0.2) is 0 Å². The van der Waals surface area contributed by atoms with Crippen molar-refractivity contribution in [1.82, 2.24) is 19.7 Å². The van der Waals surface area contributed by atoms with Crippen LogP contribution in [-0.4, -0.2) is 19.7 Å². The van der Waals surface area contributed by atoms with Crippen LogP contribution in [0.1, 0.15) is 23.5 Å². The van der Waals surface area contributed by atoms with Gasteiger partial charge in [-0.3, -0.25) is 9.55 Å². The molecule has 0 aliphatic rings. The molecule has 0 amide bonds. The van der Waals surface area contributed by atoms with Crippen LogP contribution in [0.2, 0.25) is 5.02 Å². The fraction of sp³-hybridized carbons (Fsp3) is 0.150. The van der Waals surface area contributed by atoms with Gasteiger partial charge in [0.1, 0.15) is 5.76 Å². The van der Waals surface area contributed by atoms with Gasteiger partial charge in [0.25, 0.3) is 0 Å². The molecule has 3 aromatic heterocycles. The van der Waals surface area contributed by atoms with Crippen LogP contribution in [0.4, 0.5) is 0 Å². The zero-order chi connectivity index (χ0) is 18.6. The number of benzene rings is 1. The average Bonchev–Trinajstić information content (AvgIpc) is 3.34. The quantitative estimate of drug-likeness (QED) is 0.403. The largest absolute Gasteiger partial charge is 0.467 e.